The fraction of sp³-hybridized carbons (Fsp3) is 0.222. The highest BCUT2D eigenvalue weighted by molar-refractivity contribution is 9.10. The maximum Gasteiger partial charge on any atom is 0.250 e. The van der Waals surface area contributed by atoms with Crippen LogP contribution >= 0.6 is 27.5 Å². The van der Waals surface area contributed by atoms with Gasteiger partial charge in [-0.1, -0.05) is 0 Å². The van der Waals surface area contributed by atoms with Gasteiger partial charge in [-0.15, -0.1) is 11.6 Å². The molecule has 0 saturated carbocycles. The van der Waals surface area contributed by atoms with E-state index in [0.717, 1.165) is 15.7 Å². The lowest BCUT2D eigenvalue weighted by Crippen LogP contribution is -2.04. The van der Waals surface area contributed by atoms with E-state index in [4.69, 9.17) is 11.6 Å². The van der Waals surface area contributed by atoms with Crippen LogP contribution in [0.25, 0.3) is 5.95 Å². The number of halogens is 2. The van der Waals surface area contributed by atoms with Gasteiger partial charge in [-0.2, -0.15) is 5.10 Å². The molecule has 78 valence electrons. The summed E-state index contributed by atoms with van der Waals surface area (Å²) in [5.41, 5.74) is 1.81. The van der Waals surface area contributed by atoms with Gasteiger partial charge in [-0.25, -0.2) is 14.6 Å². The lowest BCUT2D eigenvalue weighted by Gasteiger charge is -2.03. The Morgan fingerprint density at radius 3 is 2.80 bits per heavy atom. The molecule has 0 saturated heterocycles. The van der Waals surface area contributed by atoms with Crippen molar-refractivity contribution in [2.75, 3.05) is 0 Å². The van der Waals surface area contributed by atoms with Gasteiger partial charge >= 0.3 is 0 Å². The molecule has 0 aliphatic carbocycles. The average molecular weight is 288 g/mol. The quantitative estimate of drug-likeness (QED) is 0.797. The first-order chi connectivity index (χ1) is 7.20. The summed E-state index contributed by atoms with van der Waals surface area (Å²) in [7, 11) is 0. The van der Waals surface area contributed by atoms with E-state index in [2.05, 4.69) is 31.0 Å². The van der Waals surface area contributed by atoms with Crippen LogP contribution in [-0.4, -0.2) is 19.7 Å². The van der Waals surface area contributed by atoms with Gasteiger partial charge in [0.2, 0.25) is 0 Å². The molecule has 0 atom stereocenters. The van der Waals surface area contributed by atoms with E-state index in [9.17, 15) is 0 Å². The smallest absolute Gasteiger partial charge is 0.219 e. The topological polar surface area (TPSA) is 43.6 Å². The second-order valence-corrected chi connectivity index (χ2v) is 4.20. The van der Waals surface area contributed by atoms with E-state index in [1.165, 1.54) is 0 Å². The number of aromatic nitrogens is 4. The van der Waals surface area contributed by atoms with Crippen LogP contribution in [0.3, 0.4) is 0 Å². The van der Waals surface area contributed by atoms with Gasteiger partial charge < -0.3 is 0 Å². The average Bonchev–Trinajstić information content (AvgIpc) is 2.65. The standard InChI is InChI=1S/C9H8BrClN4/c1-6-7(2-11)3-12-9(14-6)15-5-8(10)4-13-15/h3-5H,2H2,1H3. The molecule has 6 heteroatoms. The largest absolute Gasteiger partial charge is 0.250 e. The summed E-state index contributed by atoms with van der Waals surface area (Å²) >= 11 is 9.04. The van der Waals surface area contributed by atoms with Crippen LogP contribution < -0.4 is 0 Å². The van der Waals surface area contributed by atoms with Crippen molar-refractivity contribution in [1.29, 1.82) is 0 Å². The second kappa shape index (κ2) is 4.28. The van der Waals surface area contributed by atoms with Gasteiger partial charge in [0.15, 0.2) is 0 Å². The molecule has 0 N–H and O–H groups in total. The molecule has 2 rings (SSSR count). The third kappa shape index (κ3) is 2.18. The van der Waals surface area contributed by atoms with Gasteiger partial charge in [0, 0.05) is 23.7 Å². The van der Waals surface area contributed by atoms with Gasteiger partial charge in [-0.3, -0.25) is 0 Å². The minimum absolute atomic E-state index is 0.426. The van der Waals surface area contributed by atoms with Gasteiger partial charge in [0.05, 0.1) is 16.5 Å². The predicted molar refractivity (Wildman–Crippen MR) is 61.1 cm³/mol. The van der Waals surface area contributed by atoms with Gasteiger partial charge in [-0.05, 0) is 22.9 Å². The Morgan fingerprint density at radius 2 is 2.27 bits per heavy atom. The van der Waals surface area contributed by atoms with Crippen molar-refractivity contribution in [2.24, 2.45) is 0 Å². The molecule has 0 bridgehead atoms. The van der Waals surface area contributed by atoms with Crippen LogP contribution in [0.1, 0.15) is 11.3 Å². The summed E-state index contributed by atoms with van der Waals surface area (Å²) in [5.74, 6) is 0.974. The molecular formula is C9H8BrClN4. The highest BCUT2D eigenvalue weighted by Gasteiger charge is 2.05. The SMILES string of the molecule is Cc1nc(-n2cc(Br)cn2)ncc1CCl. The highest BCUT2D eigenvalue weighted by Crippen LogP contribution is 2.12. The third-order valence-electron chi connectivity index (χ3n) is 1.97. The maximum absolute atomic E-state index is 5.72. The first kappa shape index (κ1) is 10.6. The molecule has 0 aliphatic rings. The van der Waals surface area contributed by atoms with Crippen molar-refractivity contribution in [1.82, 2.24) is 19.7 Å². The molecular weight excluding hydrogens is 279 g/mol. The summed E-state index contributed by atoms with van der Waals surface area (Å²) in [6, 6.07) is 0. The van der Waals surface area contributed by atoms with E-state index >= 15 is 0 Å². The van der Waals surface area contributed by atoms with Crippen molar-refractivity contribution in [3.63, 3.8) is 0 Å². The van der Waals surface area contributed by atoms with Crippen molar-refractivity contribution >= 4 is 27.5 Å². The summed E-state index contributed by atoms with van der Waals surface area (Å²) in [4.78, 5) is 8.49. The van der Waals surface area contributed by atoms with E-state index in [1.807, 2.05) is 6.92 Å². The summed E-state index contributed by atoms with van der Waals surface area (Å²) < 4.78 is 2.50. The van der Waals surface area contributed by atoms with Crippen LogP contribution in [-0.2, 0) is 5.88 Å². The molecule has 0 radical (unpaired) electrons. The molecule has 2 aromatic heterocycles. The van der Waals surface area contributed by atoms with Crippen LogP contribution in [0, 0.1) is 6.92 Å². The Labute approximate surface area is 100 Å². The van der Waals surface area contributed by atoms with Gasteiger partial charge in [0.25, 0.3) is 5.95 Å². The highest BCUT2D eigenvalue weighted by atomic mass is 79.9. The molecule has 0 amide bonds. The zero-order valence-electron chi connectivity index (χ0n) is 7.98. The fourth-order valence-electron chi connectivity index (χ4n) is 1.13. The Hall–Kier alpha value is -0.940. The third-order valence-corrected chi connectivity index (χ3v) is 2.67. The van der Waals surface area contributed by atoms with Gasteiger partial charge in [0.1, 0.15) is 0 Å². The van der Waals surface area contributed by atoms with Crippen molar-refractivity contribution < 1.29 is 0 Å². The molecule has 2 aromatic rings. The van der Waals surface area contributed by atoms with E-state index in [0.29, 0.717) is 11.8 Å². The number of rotatable bonds is 2. The van der Waals surface area contributed by atoms with Crippen molar-refractivity contribution in [2.45, 2.75) is 12.8 Å². The summed E-state index contributed by atoms with van der Waals surface area (Å²) in [5, 5.41) is 4.09. The minimum Gasteiger partial charge on any atom is -0.219 e. The number of aryl methyl sites for hydroxylation is 1. The normalized spacial score (nSPS) is 10.6. The molecule has 0 spiro atoms. The number of hydrogen-bond donors (Lipinski definition) is 0. The molecule has 4 nitrogen and oxygen atoms in total. The number of alkyl halides is 1. The lowest BCUT2D eigenvalue weighted by atomic mass is 10.3. The molecule has 0 aliphatic heterocycles. The van der Waals surface area contributed by atoms with E-state index in [-0.39, 0.29) is 0 Å². The molecule has 0 fully saturated rings. The first-order valence-electron chi connectivity index (χ1n) is 4.29. The summed E-state index contributed by atoms with van der Waals surface area (Å²) in [6.45, 7) is 1.90. The summed E-state index contributed by atoms with van der Waals surface area (Å²) in [6.07, 6.45) is 5.21. The molecule has 15 heavy (non-hydrogen) atoms. The minimum atomic E-state index is 0.426. The Balaban J connectivity index is 2.42. The lowest BCUT2D eigenvalue weighted by molar-refractivity contribution is 0.796. The van der Waals surface area contributed by atoms with Crippen LogP contribution in [0.4, 0.5) is 0 Å². The van der Waals surface area contributed by atoms with E-state index < -0.39 is 0 Å². The van der Waals surface area contributed by atoms with E-state index in [1.54, 1.807) is 23.3 Å². The monoisotopic (exact) mass is 286 g/mol. The zero-order valence-corrected chi connectivity index (χ0v) is 10.3. The molecule has 0 aromatic carbocycles. The van der Waals surface area contributed by atoms with Crippen molar-refractivity contribution in [3.05, 3.63) is 34.3 Å². The Bertz CT molecular complexity index is 483. The van der Waals surface area contributed by atoms with Crippen LogP contribution in [0.15, 0.2) is 23.1 Å². The zero-order chi connectivity index (χ0) is 10.8. The van der Waals surface area contributed by atoms with Crippen LogP contribution in [0.5, 0.6) is 0 Å². The Morgan fingerprint density at radius 1 is 1.47 bits per heavy atom. The molecule has 2 heterocycles. The molecule has 0 unspecified atom stereocenters. The first-order valence-corrected chi connectivity index (χ1v) is 5.62. The second-order valence-electron chi connectivity index (χ2n) is 3.02. The predicted octanol–water partition coefficient (Wildman–Crippen LogP) is 2.47. The Kier molecular flexibility index (Phi) is 3.02. The maximum atomic E-state index is 5.72. The fourth-order valence-corrected chi connectivity index (χ4v) is 1.68. The van der Waals surface area contributed by atoms with Crippen LogP contribution in [0.2, 0.25) is 0 Å². The number of nitrogens with zero attached hydrogens (tertiary/aromatic N) is 4. The van der Waals surface area contributed by atoms with Crippen molar-refractivity contribution in [3.8, 4) is 5.95 Å². The number of hydrogen-bond acceptors (Lipinski definition) is 3.